The van der Waals surface area contributed by atoms with E-state index in [1.807, 2.05) is 23.7 Å². The van der Waals surface area contributed by atoms with E-state index in [1.165, 1.54) is 6.07 Å². The molecule has 0 bridgehead atoms. The van der Waals surface area contributed by atoms with Crippen molar-refractivity contribution in [2.75, 3.05) is 29.2 Å². The molecular weight excluding hydrogens is 277 g/mol. The van der Waals surface area contributed by atoms with Crippen LogP contribution < -0.4 is 15.4 Å². The van der Waals surface area contributed by atoms with Crippen LogP contribution in [-0.4, -0.2) is 31.2 Å². The molecule has 1 heterocycles. The summed E-state index contributed by atoms with van der Waals surface area (Å²) in [5, 5.41) is 0. The van der Waals surface area contributed by atoms with Crippen LogP contribution in [0.25, 0.3) is 0 Å². The highest BCUT2D eigenvalue weighted by molar-refractivity contribution is 7.99. The summed E-state index contributed by atoms with van der Waals surface area (Å²) < 4.78 is 42.0. The molecule has 2 rings (SSSR count). The van der Waals surface area contributed by atoms with Gasteiger partial charge in [-0.1, -0.05) is 0 Å². The first-order chi connectivity index (χ1) is 8.99. The van der Waals surface area contributed by atoms with Gasteiger partial charge in [0, 0.05) is 31.0 Å². The molecule has 7 heteroatoms. The highest BCUT2D eigenvalue weighted by Crippen LogP contribution is 2.34. The number of anilines is 2. The third kappa shape index (κ3) is 3.20. The van der Waals surface area contributed by atoms with Crippen molar-refractivity contribution in [2.45, 2.75) is 19.1 Å². The van der Waals surface area contributed by atoms with Crippen molar-refractivity contribution in [3.8, 4) is 5.75 Å². The van der Waals surface area contributed by atoms with Gasteiger partial charge in [-0.2, -0.15) is 20.5 Å². The number of nitrogen functional groups attached to an aromatic ring is 1. The molecule has 0 spiro atoms. The zero-order valence-corrected chi connectivity index (χ0v) is 11.2. The predicted octanol–water partition coefficient (Wildman–Crippen LogP) is 2.95. The Kier molecular flexibility index (Phi) is 4.34. The van der Waals surface area contributed by atoms with Crippen LogP contribution in [0.1, 0.15) is 6.42 Å². The molecule has 0 aliphatic carbocycles. The number of alkyl halides is 2. The van der Waals surface area contributed by atoms with Crippen molar-refractivity contribution < 1.29 is 17.9 Å². The maximum absolute atomic E-state index is 13.5. The van der Waals surface area contributed by atoms with Gasteiger partial charge in [-0.25, -0.2) is 4.39 Å². The van der Waals surface area contributed by atoms with E-state index in [1.54, 1.807) is 0 Å². The molecule has 1 aromatic rings. The van der Waals surface area contributed by atoms with Crippen LogP contribution in [0.5, 0.6) is 5.75 Å². The fourth-order valence-electron chi connectivity index (χ4n) is 2.07. The van der Waals surface area contributed by atoms with Gasteiger partial charge in [-0.15, -0.1) is 0 Å². The topological polar surface area (TPSA) is 38.5 Å². The van der Waals surface area contributed by atoms with Gasteiger partial charge in [0.05, 0.1) is 11.4 Å². The Morgan fingerprint density at radius 2 is 2.21 bits per heavy atom. The summed E-state index contributed by atoms with van der Waals surface area (Å²) in [6.45, 7) is -3.06. The summed E-state index contributed by atoms with van der Waals surface area (Å²) in [6, 6.07) is 2.53. The fourth-order valence-corrected chi connectivity index (χ4v) is 3.34. The van der Waals surface area contributed by atoms with Crippen LogP contribution in [0.4, 0.5) is 24.5 Å². The van der Waals surface area contributed by atoms with Gasteiger partial charge in [0.2, 0.25) is 0 Å². The van der Waals surface area contributed by atoms with Crippen molar-refractivity contribution >= 4 is 23.1 Å². The molecule has 1 unspecified atom stereocenters. The van der Waals surface area contributed by atoms with E-state index < -0.39 is 18.2 Å². The number of thioether (sulfide) groups is 1. The zero-order valence-electron chi connectivity index (χ0n) is 10.4. The largest absolute Gasteiger partial charge is 0.432 e. The minimum absolute atomic E-state index is 0.221. The molecule has 0 aromatic heterocycles. The van der Waals surface area contributed by atoms with Crippen LogP contribution in [-0.2, 0) is 0 Å². The molecule has 0 saturated carbocycles. The number of hydrogen-bond donors (Lipinski definition) is 1. The number of nitrogens with zero attached hydrogens (tertiary/aromatic N) is 1. The Labute approximate surface area is 113 Å². The highest BCUT2D eigenvalue weighted by atomic mass is 32.2. The molecule has 1 atom stereocenters. The number of rotatable bonds is 4. The lowest BCUT2D eigenvalue weighted by atomic mass is 10.1. The maximum atomic E-state index is 13.5. The lowest BCUT2D eigenvalue weighted by molar-refractivity contribution is -0.0521. The molecule has 106 valence electrons. The van der Waals surface area contributed by atoms with Crippen LogP contribution in [0.2, 0.25) is 0 Å². The third-order valence-corrected chi connectivity index (χ3v) is 4.28. The van der Waals surface area contributed by atoms with Crippen molar-refractivity contribution in [1.29, 1.82) is 0 Å². The van der Waals surface area contributed by atoms with Crippen LogP contribution >= 0.6 is 11.8 Å². The molecule has 1 aliphatic rings. The van der Waals surface area contributed by atoms with E-state index in [-0.39, 0.29) is 11.7 Å². The summed E-state index contributed by atoms with van der Waals surface area (Å²) in [5.74, 6) is 0.641. The SMILES string of the molecule is CN(c1cc(OC(F)F)c(F)cc1N)C1CCSC1. The van der Waals surface area contributed by atoms with Crippen LogP contribution in [0.3, 0.4) is 0 Å². The number of ether oxygens (including phenoxy) is 1. The Hall–Kier alpha value is -1.24. The molecule has 1 aromatic carbocycles. The molecule has 2 N–H and O–H groups in total. The van der Waals surface area contributed by atoms with Crippen molar-refractivity contribution in [2.24, 2.45) is 0 Å². The molecule has 0 amide bonds. The van der Waals surface area contributed by atoms with E-state index in [0.717, 1.165) is 24.0 Å². The summed E-state index contributed by atoms with van der Waals surface area (Å²) >= 11 is 1.82. The van der Waals surface area contributed by atoms with Crippen molar-refractivity contribution in [3.05, 3.63) is 17.9 Å². The molecule has 1 aliphatic heterocycles. The monoisotopic (exact) mass is 292 g/mol. The summed E-state index contributed by atoms with van der Waals surface area (Å²) in [5.41, 5.74) is 6.50. The van der Waals surface area contributed by atoms with Gasteiger partial charge in [0.1, 0.15) is 0 Å². The van der Waals surface area contributed by atoms with Gasteiger partial charge >= 0.3 is 6.61 Å². The number of hydrogen-bond acceptors (Lipinski definition) is 4. The van der Waals surface area contributed by atoms with Gasteiger partial charge in [0.25, 0.3) is 0 Å². The fraction of sp³-hybridized carbons (Fsp3) is 0.500. The summed E-state index contributed by atoms with van der Waals surface area (Å²) in [4.78, 5) is 1.90. The summed E-state index contributed by atoms with van der Waals surface area (Å²) in [6.07, 6.45) is 0.989. The second kappa shape index (κ2) is 5.81. The molecule has 3 nitrogen and oxygen atoms in total. The molecule has 1 saturated heterocycles. The van der Waals surface area contributed by atoms with E-state index in [9.17, 15) is 13.2 Å². The van der Waals surface area contributed by atoms with Gasteiger partial charge in [-0.05, 0) is 12.2 Å². The standard InChI is InChI=1S/C12H15F3N2OS/c1-17(7-2-3-19-6-7)10-5-11(18-12(14)15)8(13)4-9(10)16/h4-5,7,12H,2-3,6,16H2,1H3. The molecule has 1 fully saturated rings. The van der Waals surface area contributed by atoms with Crippen LogP contribution in [0, 0.1) is 5.82 Å². The minimum atomic E-state index is -3.06. The van der Waals surface area contributed by atoms with Gasteiger partial charge in [0.15, 0.2) is 11.6 Å². The first kappa shape index (κ1) is 14.2. The number of nitrogens with two attached hydrogens (primary N) is 1. The first-order valence-corrected chi connectivity index (χ1v) is 6.99. The van der Waals surface area contributed by atoms with Gasteiger partial charge in [-0.3, -0.25) is 0 Å². The minimum Gasteiger partial charge on any atom is -0.432 e. The van der Waals surface area contributed by atoms with E-state index in [2.05, 4.69) is 4.74 Å². The maximum Gasteiger partial charge on any atom is 0.387 e. The lowest BCUT2D eigenvalue weighted by Gasteiger charge is -2.27. The quantitative estimate of drug-likeness (QED) is 0.866. The predicted molar refractivity (Wildman–Crippen MR) is 71.6 cm³/mol. The van der Waals surface area contributed by atoms with Crippen LogP contribution in [0.15, 0.2) is 12.1 Å². The second-order valence-electron chi connectivity index (χ2n) is 4.35. The molecule has 0 radical (unpaired) electrons. The van der Waals surface area contributed by atoms with E-state index in [0.29, 0.717) is 5.69 Å². The number of benzene rings is 1. The van der Waals surface area contributed by atoms with Crippen molar-refractivity contribution in [3.63, 3.8) is 0 Å². The third-order valence-electron chi connectivity index (χ3n) is 3.13. The highest BCUT2D eigenvalue weighted by Gasteiger charge is 2.23. The Balaban J connectivity index is 2.28. The van der Waals surface area contributed by atoms with Gasteiger partial charge < -0.3 is 15.4 Å². The molecule has 19 heavy (non-hydrogen) atoms. The Morgan fingerprint density at radius 1 is 1.47 bits per heavy atom. The Morgan fingerprint density at radius 3 is 2.79 bits per heavy atom. The van der Waals surface area contributed by atoms with E-state index in [4.69, 9.17) is 5.73 Å². The normalized spacial score (nSPS) is 18.9. The van der Waals surface area contributed by atoms with E-state index >= 15 is 0 Å². The number of halogens is 3. The molecular formula is C12H15F3N2OS. The second-order valence-corrected chi connectivity index (χ2v) is 5.50. The smallest absolute Gasteiger partial charge is 0.387 e. The average molecular weight is 292 g/mol. The average Bonchev–Trinajstić information content (AvgIpc) is 2.85. The Bertz CT molecular complexity index is 453. The first-order valence-electron chi connectivity index (χ1n) is 5.83. The van der Waals surface area contributed by atoms with Crippen molar-refractivity contribution in [1.82, 2.24) is 0 Å². The summed E-state index contributed by atoms with van der Waals surface area (Å²) in [7, 11) is 1.83. The zero-order chi connectivity index (χ0) is 14.0. The lowest BCUT2D eigenvalue weighted by Crippen LogP contribution is -2.31.